The molecule has 1 aromatic carbocycles. The Bertz CT molecular complexity index is 467. The van der Waals surface area contributed by atoms with Crippen LogP contribution in [0.3, 0.4) is 0 Å². The highest BCUT2D eigenvalue weighted by Gasteiger charge is 2.16. The van der Waals surface area contributed by atoms with E-state index in [0.717, 1.165) is 21.7 Å². The van der Waals surface area contributed by atoms with Crippen LogP contribution in [0.4, 0.5) is 0 Å². The van der Waals surface area contributed by atoms with Crippen LogP contribution in [0, 0.1) is 13.8 Å². The molecule has 0 fully saturated rings. The normalized spacial score (nSPS) is 12.7. The largest absolute Gasteiger partial charge is 0.383 e. The summed E-state index contributed by atoms with van der Waals surface area (Å²) in [7, 11) is 0. The molecule has 0 aliphatic heterocycles. The second-order valence-corrected chi connectivity index (χ2v) is 4.32. The van der Waals surface area contributed by atoms with Crippen LogP contribution in [0.15, 0.2) is 24.3 Å². The Morgan fingerprint density at radius 3 is 2.73 bits per heavy atom. The molecule has 78 valence electrons. The minimum absolute atomic E-state index is 0.607. The van der Waals surface area contributed by atoms with Crippen LogP contribution in [-0.4, -0.2) is 14.7 Å². The predicted molar refractivity (Wildman–Crippen MR) is 59.9 cm³/mol. The number of aliphatic hydroxyl groups is 1. The lowest BCUT2D eigenvalue weighted by Crippen LogP contribution is -1.99. The van der Waals surface area contributed by atoms with Crippen LogP contribution in [0.5, 0.6) is 0 Å². The van der Waals surface area contributed by atoms with Gasteiger partial charge in [0.25, 0.3) is 0 Å². The molecule has 0 spiro atoms. The van der Waals surface area contributed by atoms with E-state index >= 15 is 0 Å². The molecular weight excluding hydrogens is 208 g/mol. The molecule has 0 aliphatic carbocycles. The summed E-state index contributed by atoms with van der Waals surface area (Å²) in [5, 5.41) is 14.0. The summed E-state index contributed by atoms with van der Waals surface area (Å²) < 4.78 is 3.82. The molecule has 15 heavy (non-hydrogen) atoms. The molecule has 2 rings (SSSR count). The van der Waals surface area contributed by atoms with Crippen LogP contribution < -0.4 is 0 Å². The fraction of sp³-hybridized carbons (Fsp3) is 0.273. The maximum atomic E-state index is 10.1. The van der Waals surface area contributed by atoms with Crippen LogP contribution >= 0.6 is 11.5 Å². The lowest BCUT2D eigenvalue weighted by Gasteiger charge is -2.09. The maximum Gasteiger partial charge on any atom is 0.117 e. The number of aromatic nitrogens is 2. The van der Waals surface area contributed by atoms with Gasteiger partial charge in [0.05, 0.1) is 10.6 Å². The molecule has 0 radical (unpaired) electrons. The van der Waals surface area contributed by atoms with Crippen molar-refractivity contribution in [3.63, 3.8) is 0 Å². The molecule has 0 aliphatic rings. The van der Waals surface area contributed by atoms with Gasteiger partial charge in [0.1, 0.15) is 6.10 Å². The van der Waals surface area contributed by atoms with Gasteiger partial charge in [-0.2, -0.15) is 0 Å². The molecule has 2 aromatic rings. The van der Waals surface area contributed by atoms with E-state index in [-0.39, 0.29) is 0 Å². The van der Waals surface area contributed by atoms with E-state index in [2.05, 4.69) is 9.59 Å². The summed E-state index contributed by atoms with van der Waals surface area (Å²) >= 11 is 1.25. The molecule has 1 atom stereocenters. The Labute approximate surface area is 92.6 Å². The molecule has 1 aromatic heterocycles. The van der Waals surface area contributed by atoms with Crippen LogP contribution in [0.2, 0.25) is 0 Å². The molecule has 4 heteroatoms. The first kappa shape index (κ1) is 10.3. The number of aryl methyl sites for hydroxylation is 2. The third-order valence-corrected chi connectivity index (χ3v) is 3.17. The van der Waals surface area contributed by atoms with E-state index in [4.69, 9.17) is 0 Å². The molecular formula is C11H12N2OS. The van der Waals surface area contributed by atoms with E-state index in [1.165, 1.54) is 11.5 Å². The van der Waals surface area contributed by atoms with Gasteiger partial charge in [-0.05, 0) is 30.9 Å². The zero-order valence-corrected chi connectivity index (χ0v) is 9.45. The summed E-state index contributed by atoms with van der Waals surface area (Å²) in [6, 6.07) is 7.84. The summed E-state index contributed by atoms with van der Waals surface area (Å²) in [6.45, 7) is 3.87. The van der Waals surface area contributed by atoms with Gasteiger partial charge in [-0.1, -0.05) is 34.3 Å². The molecule has 0 saturated heterocycles. The zero-order chi connectivity index (χ0) is 10.8. The molecule has 3 nitrogen and oxygen atoms in total. The molecule has 1 heterocycles. The van der Waals surface area contributed by atoms with Crippen molar-refractivity contribution >= 4 is 11.5 Å². The van der Waals surface area contributed by atoms with Gasteiger partial charge in [0.15, 0.2) is 0 Å². The number of rotatable bonds is 2. The second kappa shape index (κ2) is 4.08. The lowest BCUT2D eigenvalue weighted by atomic mass is 10.1. The SMILES string of the molecule is Cc1cccc(C(O)c2snnc2C)c1. The zero-order valence-electron chi connectivity index (χ0n) is 8.64. The van der Waals surface area contributed by atoms with Gasteiger partial charge in [0, 0.05) is 0 Å². The van der Waals surface area contributed by atoms with Crippen molar-refractivity contribution in [1.82, 2.24) is 9.59 Å². The molecule has 1 N–H and O–H groups in total. The highest BCUT2D eigenvalue weighted by Crippen LogP contribution is 2.26. The number of nitrogens with zero attached hydrogens (tertiary/aromatic N) is 2. The predicted octanol–water partition coefficient (Wildman–Crippen LogP) is 2.24. The standard InChI is InChI=1S/C11H12N2OS/c1-7-4-3-5-9(6-7)10(14)11-8(2)12-13-15-11/h3-6,10,14H,1-2H3. The van der Waals surface area contributed by atoms with Crippen molar-refractivity contribution < 1.29 is 5.11 Å². The van der Waals surface area contributed by atoms with E-state index in [1.807, 2.05) is 38.1 Å². The highest BCUT2D eigenvalue weighted by molar-refractivity contribution is 7.05. The Hall–Kier alpha value is -1.26. The third-order valence-electron chi connectivity index (χ3n) is 2.29. The average Bonchev–Trinajstić information content (AvgIpc) is 2.63. The monoisotopic (exact) mass is 220 g/mol. The second-order valence-electron chi connectivity index (χ2n) is 3.54. The van der Waals surface area contributed by atoms with Crippen LogP contribution in [0.25, 0.3) is 0 Å². The number of hydrogen-bond donors (Lipinski definition) is 1. The van der Waals surface area contributed by atoms with E-state index < -0.39 is 6.10 Å². The maximum absolute atomic E-state index is 10.1. The Morgan fingerprint density at radius 1 is 1.33 bits per heavy atom. The molecule has 0 amide bonds. The summed E-state index contributed by atoms with van der Waals surface area (Å²) in [5.74, 6) is 0. The van der Waals surface area contributed by atoms with Crippen molar-refractivity contribution in [1.29, 1.82) is 0 Å². The van der Waals surface area contributed by atoms with Gasteiger partial charge in [-0.25, -0.2) is 0 Å². The topological polar surface area (TPSA) is 46.0 Å². The van der Waals surface area contributed by atoms with E-state index in [9.17, 15) is 5.11 Å². The van der Waals surface area contributed by atoms with Gasteiger partial charge in [0.2, 0.25) is 0 Å². The first-order valence-electron chi connectivity index (χ1n) is 4.72. The van der Waals surface area contributed by atoms with Crippen molar-refractivity contribution in [2.45, 2.75) is 20.0 Å². The average molecular weight is 220 g/mol. The quantitative estimate of drug-likeness (QED) is 0.844. The summed E-state index contributed by atoms with van der Waals surface area (Å²) in [6.07, 6.45) is -0.607. The fourth-order valence-electron chi connectivity index (χ4n) is 1.48. The minimum atomic E-state index is -0.607. The minimum Gasteiger partial charge on any atom is -0.383 e. The van der Waals surface area contributed by atoms with E-state index in [0.29, 0.717) is 0 Å². The molecule has 0 saturated carbocycles. The van der Waals surface area contributed by atoms with Gasteiger partial charge in [-0.3, -0.25) is 0 Å². The molecule has 1 unspecified atom stereocenters. The Kier molecular flexibility index (Phi) is 2.79. The summed E-state index contributed by atoms with van der Waals surface area (Å²) in [4.78, 5) is 0.820. The lowest BCUT2D eigenvalue weighted by molar-refractivity contribution is 0.223. The van der Waals surface area contributed by atoms with Crippen LogP contribution in [-0.2, 0) is 0 Å². The van der Waals surface area contributed by atoms with E-state index in [1.54, 1.807) is 0 Å². The van der Waals surface area contributed by atoms with Crippen molar-refractivity contribution in [3.8, 4) is 0 Å². The van der Waals surface area contributed by atoms with Crippen molar-refractivity contribution in [3.05, 3.63) is 46.0 Å². The van der Waals surface area contributed by atoms with Gasteiger partial charge in [-0.15, -0.1) is 5.10 Å². The number of hydrogen-bond acceptors (Lipinski definition) is 4. The van der Waals surface area contributed by atoms with Crippen molar-refractivity contribution in [2.24, 2.45) is 0 Å². The fourth-order valence-corrected chi connectivity index (χ4v) is 2.14. The molecule has 0 bridgehead atoms. The smallest absolute Gasteiger partial charge is 0.117 e. The van der Waals surface area contributed by atoms with Crippen molar-refractivity contribution in [2.75, 3.05) is 0 Å². The number of benzene rings is 1. The highest BCUT2D eigenvalue weighted by atomic mass is 32.1. The Balaban J connectivity index is 2.36. The van der Waals surface area contributed by atoms with Gasteiger partial charge >= 0.3 is 0 Å². The first-order valence-corrected chi connectivity index (χ1v) is 5.49. The van der Waals surface area contributed by atoms with Gasteiger partial charge < -0.3 is 5.11 Å². The van der Waals surface area contributed by atoms with Crippen LogP contribution in [0.1, 0.15) is 27.8 Å². The first-order chi connectivity index (χ1) is 7.18. The summed E-state index contributed by atoms with van der Waals surface area (Å²) in [5.41, 5.74) is 2.83. The number of aliphatic hydroxyl groups excluding tert-OH is 1. The third kappa shape index (κ3) is 2.06. The Morgan fingerprint density at radius 2 is 2.13 bits per heavy atom.